The number of morpholine rings is 1. The minimum absolute atomic E-state index is 0.0553. The Balaban J connectivity index is 1.68. The van der Waals surface area contributed by atoms with Gasteiger partial charge in [-0.15, -0.1) is 0 Å². The second-order valence-electron chi connectivity index (χ2n) is 9.80. The van der Waals surface area contributed by atoms with Gasteiger partial charge in [-0.1, -0.05) is 10.0 Å². The van der Waals surface area contributed by atoms with E-state index in [9.17, 15) is 14.4 Å². The highest BCUT2D eigenvalue weighted by atomic mass is 19.1. The molecule has 1 unspecified atom stereocenters. The lowest BCUT2D eigenvalue weighted by atomic mass is 9.62. The monoisotopic (exact) mass is 508 g/mol. The number of aromatic nitrogens is 3. The number of aryl methyl sites for hydroxylation is 1. The predicted octanol–water partition coefficient (Wildman–Crippen LogP) is 1.98. The van der Waals surface area contributed by atoms with Crippen molar-refractivity contribution in [3.63, 3.8) is 0 Å². The topological polar surface area (TPSA) is 127 Å². The maximum absolute atomic E-state index is 16.3. The van der Waals surface area contributed by atoms with Gasteiger partial charge < -0.3 is 9.26 Å². The van der Waals surface area contributed by atoms with E-state index < -0.39 is 46.9 Å². The number of hydrogen-bond donors (Lipinski definition) is 1. The highest BCUT2D eigenvalue weighted by molar-refractivity contribution is 6.21. The Kier molecular flexibility index (Phi) is 4.60. The number of ether oxygens (including phenoxy) is 1. The van der Waals surface area contributed by atoms with E-state index in [2.05, 4.69) is 20.4 Å². The Morgan fingerprint density at radius 3 is 2.73 bits per heavy atom. The number of urea groups is 1. The number of nitrogens with zero attached hydrogens (tertiary/aromatic N) is 6. The Morgan fingerprint density at radius 2 is 2.05 bits per heavy atom. The van der Waals surface area contributed by atoms with Crippen molar-refractivity contribution in [3.8, 4) is 12.4 Å². The number of hydrogen-bond acceptors (Lipinski definition) is 8. The molecule has 0 bridgehead atoms. The molecule has 3 aliphatic rings. The van der Waals surface area contributed by atoms with E-state index in [-0.39, 0.29) is 30.1 Å². The third kappa shape index (κ3) is 2.65. The molecule has 12 nitrogen and oxygen atoms in total. The SMILES string of the molecule is C#[N+][C@]12[C@H](C)O[C@H](C)CN1c1c(cc3c(-n4cc(C)cn4)noc3c1F)CC21C(=O)NC(=O)N(C)C1=O. The maximum atomic E-state index is 16.3. The van der Waals surface area contributed by atoms with Crippen molar-refractivity contribution in [1.82, 2.24) is 25.2 Å². The van der Waals surface area contributed by atoms with Crippen LogP contribution in [0.25, 0.3) is 21.6 Å². The van der Waals surface area contributed by atoms with Crippen LogP contribution in [-0.2, 0) is 20.7 Å². The lowest BCUT2D eigenvalue weighted by Gasteiger charge is -2.54. The van der Waals surface area contributed by atoms with Gasteiger partial charge in [-0.3, -0.25) is 24.7 Å². The summed E-state index contributed by atoms with van der Waals surface area (Å²) in [5, 5.41) is 10.8. The molecule has 37 heavy (non-hydrogen) atoms. The molecule has 3 aromatic rings. The van der Waals surface area contributed by atoms with Crippen molar-refractivity contribution in [2.75, 3.05) is 18.5 Å². The third-order valence-corrected chi connectivity index (χ3v) is 7.66. The van der Waals surface area contributed by atoms with Crippen LogP contribution in [0.3, 0.4) is 0 Å². The fraction of sp³-hybridized carbons (Fsp3) is 0.417. The molecule has 190 valence electrons. The first-order chi connectivity index (χ1) is 17.6. The number of benzene rings is 1. The summed E-state index contributed by atoms with van der Waals surface area (Å²) < 4.78 is 29.2. The summed E-state index contributed by atoms with van der Waals surface area (Å²) in [5.41, 5.74) is -2.76. The normalized spacial score (nSPS) is 29.4. The zero-order valence-electron chi connectivity index (χ0n) is 20.5. The van der Waals surface area contributed by atoms with Crippen molar-refractivity contribution in [2.24, 2.45) is 5.41 Å². The number of halogens is 1. The van der Waals surface area contributed by atoms with Crippen LogP contribution in [0.1, 0.15) is 25.0 Å². The number of fused-ring (bicyclic) bond motifs is 5. The summed E-state index contributed by atoms with van der Waals surface area (Å²) >= 11 is 0. The fourth-order valence-electron chi connectivity index (χ4n) is 6.07. The highest BCUT2D eigenvalue weighted by Gasteiger charge is 2.81. The quantitative estimate of drug-likeness (QED) is 0.495. The van der Waals surface area contributed by atoms with Gasteiger partial charge in [0.1, 0.15) is 0 Å². The largest absolute Gasteiger partial charge is 0.405 e. The smallest absolute Gasteiger partial charge is 0.363 e. The first-order valence-corrected chi connectivity index (χ1v) is 11.7. The average molecular weight is 508 g/mol. The Hall–Kier alpha value is -4.31. The van der Waals surface area contributed by atoms with E-state index in [0.29, 0.717) is 10.9 Å². The minimum atomic E-state index is -2.03. The van der Waals surface area contributed by atoms with Crippen LogP contribution in [0.5, 0.6) is 0 Å². The lowest BCUT2D eigenvalue weighted by Crippen LogP contribution is -2.81. The third-order valence-electron chi connectivity index (χ3n) is 7.66. The summed E-state index contributed by atoms with van der Waals surface area (Å²) in [4.78, 5) is 46.3. The molecule has 2 saturated heterocycles. The van der Waals surface area contributed by atoms with Gasteiger partial charge in [0.05, 0.1) is 29.9 Å². The van der Waals surface area contributed by atoms with Gasteiger partial charge in [-0.25, -0.2) is 13.9 Å². The summed E-state index contributed by atoms with van der Waals surface area (Å²) in [5.74, 6) is -2.20. The summed E-state index contributed by atoms with van der Waals surface area (Å²) in [6.07, 6.45) is 1.66. The molecule has 2 aromatic heterocycles. The van der Waals surface area contributed by atoms with Crippen molar-refractivity contribution in [1.29, 1.82) is 0 Å². The van der Waals surface area contributed by atoms with Crippen LogP contribution in [0.2, 0.25) is 0 Å². The standard InChI is InChI=1S/C24H22FN7O5/c1-11-8-27-32(9-11)19-15-6-14-7-23(20(33)28-22(35)30(5)21(23)34)24(26-4)13(3)36-12(2)10-31(24)17(14)16(25)18(15)37-29-19/h4,6,8-9,12-13H,7,10H2,1-3,5H3/p+1/t12-,13+,23?,24-/m1/s1. The molecule has 13 heteroatoms. The van der Waals surface area contributed by atoms with E-state index in [0.717, 1.165) is 10.5 Å². The van der Waals surface area contributed by atoms with Crippen molar-refractivity contribution in [2.45, 2.75) is 45.1 Å². The van der Waals surface area contributed by atoms with Crippen LogP contribution >= 0.6 is 0 Å². The van der Waals surface area contributed by atoms with Gasteiger partial charge in [0.15, 0.2) is 11.9 Å². The van der Waals surface area contributed by atoms with Crippen LogP contribution in [0.15, 0.2) is 23.0 Å². The lowest BCUT2D eigenvalue weighted by molar-refractivity contribution is -0.166. The van der Waals surface area contributed by atoms with Crippen LogP contribution in [-0.4, -0.2) is 69.1 Å². The molecular formula is C24H23FN7O5+. The Morgan fingerprint density at radius 1 is 1.30 bits per heavy atom. The predicted molar refractivity (Wildman–Crippen MR) is 127 cm³/mol. The number of nitrogens with one attached hydrogen (secondary N) is 1. The molecule has 0 saturated carbocycles. The highest BCUT2D eigenvalue weighted by Crippen LogP contribution is 2.56. The van der Waals surface area contributed by atoms with Gasteiger partial charge in [0.2, 0.25) is 16.8 Å². The van der Waals surface area contributed by atoms with Crippen molar-refractivity contribution < 1.29 is 28.0 Å². The molecular weight excluding hydrogens is 485 g/mol. The molecule has 4 amide bonds. The number of anilines is 1. The first kappa shape index (κ1) is 23.1. The number of carbonyl (C=O) groups excluding carboxylic acids is 3. The van der Waals surface area contributed by atoms with E-state index in [4.69, 9.17) is 15.8 Å². The molecule has 4 atom stereocenters. The molecule has 1 aromatic carbocycles. The molecule has 5 heterocycles. The molecule has 1 N–H and O–H groups in total. The van der Waals surface area contributed by atoms with E-state index in [1.54, 1.807) is 32.3 Å². The maximum Gasteiger partial charge on any atom is 0.405 e. The van der Waals surface area contributed by atoms with Crippen LogP contribution in [0, 0.1) is 24.7 Å². The van der Waals surface area contributed by atoms with Gasteiger partial charge in [-0.05, 0) is 38.0 Å². The summed E-state index contributed by atoms with van der Waals surface area (Å²) in [6.45, 7) is 11.3. The van der Waals surface area contributed by atoms with E-state index in [1.165, 1.54) is 16.6 Å². The van der Waals surface area contributed by atoms with Crippen LogP contribution < -0.4 is 10.2 Å². The second-order valence-corrected chi connectivity index (χ2v) is 9.80. The summed E-state index contributed by atoms with van der Waals surface area (Å²) in [6, 6.07) is 0.750. The molecule has 1 spiro atoms. The van der Waals surface area contributed by atoms with Crippen molar-refractivity contribution in [3.05, 3.63) is 40.2 Å². The molecule has 2 fully saturated rings. The first-order valence-electron chi connectivity index (χ1n) is 11.7. The number of rotatable bonds is 1. The fourth-order valence-corrected chi connectivity index (χ4v) is 6.07. The molecule has 0 radical (unpaired) electrons. The average Bonchev–Trinajstić information content (AvgIpc) is 3.47. The molecule has 3 aliphatic heterocycles. The van der Waals surface area contributed by atoms with E-state index in [1.807, 2.05) is 6.92 Å². The van der Waals surface area contributed by atoms with Gasteiger partial charge in [-0.2, -0.15) is 5.10 Å². The number of carbonyl (C=O) groups is 3. The minimum Gasteiger partial charge on any atom is -0.363 e. The second kappa shape index (κ2) is 7.36. The van der Waals surface area contributed by atoms with Gasteiger partial charge in [0, 0.05) is 19.7 Å². The zero-order chi connectivity index (χ0) is 26.4. The number of barbiturate groups is 1. The van der Waals surface area contributed by atoms with Gasteiger partial charge >= 0.3 is 11.7 Å². The van der Waals surface area contributed by atoms with E-state index >= 15 is 4.39 Å². The number of imide groups is 2. The van der Waals surface area contributed by atoms with Crippen molar-refractivity contribution >= 4 is 34.5 Å². The summed E-state index contributed by atoms with van der Waals surface area (Å²) in [7, 11) is 1.26. The molecule has 0 aliphatic carbocycles. The van der Waals surface area contributed by atoms with Crippen LogP contribution in [0.4, 0.5) is 14.9 Å². The zero-order valence-corrected chi connectivity index (χ0v) is 20.5. The number of amides is 4. The Labute approximate surface area is 209 Å². The molecule has 6 rings (SSSR count). The Bertz CT molecular complexity index is 1570. The van der Waals surface area contributed by atoms with Gasteiger partial charge in [0.25, 0.3) is 18.4 Å².